The van der Waals surface area contributed by atoms with E-state index in [0.29, 0.717) is 11.6 Å². The Hall–Kier alpha value is -1.59. The molecule has 5 nitrogen and oxygen atoms in total. The highest BCUT2D eigenvalue weighted by molar-refractivity contribution is 6.31. The number of halogens is 2. The Bertz CT molecular complexity index is 759. The van der Waals surface area contributed by atoms with Crippen molar-refractivity contribution in [3.05, 3.63) is 41.2 Å². The van der Waals surface area contributed by atoms with E-state index in [1.807, 2.05) is 41.3 Å². The van der Waals surface area contributed by atoms with Gasteiger partial charge in [-0.15, -0.1) is 21.8 Å². The Morgan fingerprint density at radius 3 is 2.80 bits per heavy atom. The maximum absolute atomic E-state index is 6.24. The molecule has 3 aromatic rings. The minimum absolute atomic E-state index is 0.200. The molecule has 1 atom stereocenters. The zero-order chi connectivity index (χ0) is 14.3. The average Bonchev–Trinajstić information content (AvgIpc) is 2.95. The first kappa shape index (κ1) is 13.4. The Morgan fingerprint density at radius 1 is 1.35 bits per heavy atom. The average molecular weight is 310 g/mol. The van der Waals surface area contributed by atoms with Crippen LogP contribution in [0.4, 0.5) is 0 Å². The van der Waals surface area contributed by atoms with Gasteiger partial charge >= 0.3 is 0 Å². The maximum Gasteiger partial charge on any atom is 0.152 e. The van der Waals surface area contributed by atoms with E-state index < -0.39 is 0 Å². The minimum atomic E-state index is -0.200. The van der Waals surface area contributed by atoms with E-state index in [9.17, 15) is 0 Å². The van der Waals surface area contributed by atoms with Crippen LogP contribution in [0, 0.1) is 0 Å². The van der Waals surface area contributed by atoms with Crippen molar-refractivity contribution in [1.29, 1.82) is 0 Å². The van der Waals surface area contributed by atoms with Crippen molar-refractivity contribution >= 4 is 34.2 Å². The Kier molecular flexibility index (Phi) is 3.40. The van der Waals surface area contributed by atoms with Gasteiger partial charge in [0, 0.05) is 12.1 Å². The first-order chi connectivity index (χ1) is 9.56. The van der Waals surface area contributed by atoms with Gasteiger partial charge < -0.3 is 9.13 Å². The van der Waals surface area contributed by atoms with Crippen molar-refractivity contribution in [2.75, 3.05) is 0 Å². The van der Waals surface area contributed by atoms with Crippen LogP contribution in [0.1, 0.15) is 23.9 Å². The summed E-state index contributed by atoms with van der Waals surface area (Å²) in [6.45, 7) is 2.47. The van der Waals surface area contributed by atoms with Crippen molar-refractivity contribution in [2.45, 2.75) is 18.8 Å². The summed E-state index contributed by atoms with van der Waals surface area (Å²) in [7, 11) is 1.91. The smallest absolute Gasteiger partial charge is 0.152 e. The number of imidazole rings is 1. The quantitative estimate of drug-likeness (QED) is 0.698. The molecular weight excluding hydrogens is 297 g/mol. The number of fused-ring (bicyclic) bond motifs is 1. The second kappa shape index (κ2) is 5.07. The van der Waals surface area contributed by atoms with E-state index in [0.717, 1.165) is 22.7 Å². The lowest BCUT2D eigenvalue weighted by Crippen LogP contribution is -2.09. The van der Waals surface area contributed by atoms with Gasteiger partial charge in [-0.2, -0.15) is 0 Å². The van der Waals surface area contributed by atoms with E-state index in [-0.39, 0.29) is 5.38 Å². The van der Waals surface area contributed by atoms with Gasteiger partial charge in [0.05, 0.1) is 23.0 Å². The number of nitrogens with zero attached hydrogens (tertiary/aromatic N) is 5. The lowest BCUT2D eigenvalue weighted by Gasteiger charge is -2.09. The third-order valence-corrected chi connectivity index (χ3v) is 3.63. The topological polar surface area (TPSA) is 48.5 Å². The molecule has 2 aromatic heterocycles. The van der Waals surface area contributed by atoms with Crippen molar-refractivity contribution in [1.82, 2.24) is 24.3 Å². The Morgan fingerprint density at radius 2 is 2.15 bits per heavy atom. The molecule has 0 fully saturated rings. The number of hydrogen-bond donors (Lipinski definition) is 0. The maximum atomic E-state index is 6.24. The van der Waals surface area contributed by atoms with Gasteiger partial charge in [-0.25, -0.2) is 4.98 Å². The van der Waals surface area contributed by atoms with Gasteiger partial charge in [0.2, 0.25) is 0 Å². The number of aromatic nitrogens is 5. The van der Waals surface area contributed by atoms with Crippen LogP contribution >= 0.6 is 23.2 Å². The molecule has 0 amide bonds. The van der Waals surface area contributed by atoms with Crippen molar-refractivity contribution in [3.8, 4) is 0 Å². The van der Waals surface area contributed by atoms with Crippen LogP contribution in [0.15, 0.2) is 24.5 Å². The molecule has 7 heteroatoms. The van der Waals surface area contributed by atoms with E-state index in [1.54, 1.807) is 6.33 Å². The third-order valence-electron chi connectivity index (χ3n) is 3.20. The summed E-state index contributed by atoms with van der Waals surface area (Å²) < 4.78 is 3.93. The van der Waals surface area contributed by atoms with Gasteiger partial charge in [-0.05, 0) is 25.1 Å². The minimum Gasteiger partial charge on any atom is -0.319 e. The van der Waals surface area contributed by atoms with Crippen LogP contribution in [-0.2, 0) is 13.6 Å². The first-order valence-corrected chi connectivity index (χ1v) is 7.00. The highest BCUT2D eigenvalue weighted by Gasteiger charge is 2.16. The van der Waals surface area contributed by atoms with Crippen LogP contribution in [0.2, 0.25) is 5.02 Å². The summed E-state index contributed by atoms with van der Waals surface area (Å²) in [6, 6.07) is 5.64. The highest BCUT2D eigenvalue weighted by atomic mass is 35.5. The van der Waals surface area contributed by atoms with Crippen LogP contribution in [-0.4, -0.2) is 24.3 Å². The number of benzene rings is 1. The molecule has 3 rings (SSSR count). The molecule has 1 unspecified atom stereocenters. The number of rotatable bonds is 3. The lowest BCUT2D eigenvalue weighted by atomic mass is 10.3. The van der Waals surface area contributed by atoms with Crippen LogP contribution in [0.3, 0.4) is 0 Å². The number of hydrogen-bond acceptors (Lipinski definition) is 3. The Labute approximate surface area is 126 Å². The molecule has 0 aliphatic rings. The van der Waals surface area contributed by atoms with E-state index in [2.05, 4.69) is 15.2 Å². The van der Waals surface area contributed by atoms with Crippen LogP contribution in [0.25, 0.3) is 11.0 Å². The number of aryl methyl sites for hydroxylation is 1. The normalized spacial score (nSPS) is 13.0. The largest absolute Gasteiger partial charge is 0.319 e. The number of alkyl halides is 1. The molecule has 104 valence electrons. The van der Waals surface area contributed by atoms with E-state index in [1.165, 1.54) is 0 Å². The first-order valence-electron chi connectivity index (χ1n) is 6.19. The molecule has 20 heavy (non-hydrogen) atoms. The molecule has 0 spiro atoms. The summed E-state index contributed by atoms with van der Waals surface area (Å²) in [5.41, 5.74) is 1.82. The summed E-state index contributed by atoms with van der Waals surface area (Å²) in [6.07, 6.45) is 1.68. The molecule has 0 saturated carbocycles. The summed E-state index contributed by atoms with van der Waals surface area (Å²) in [5, 5.41) is 8.47. The van der Waals surface area contributed by atoms with Crippen LogP contribution in [0.5, 0.6) is 0 Å². The van der Waals surface area contributed by atoms with Gasteiger partial charge in [-0.1, -0.05) is 11.6 Å². The molecule has 2 heterocycles. The lowest BCUT2D eigenvalue weighted by molar-refractivity contribution is 0.675. The van der Waals surface area contributed by atoms with Gasteiger partial charge in [-0.3, -0.25) is 0 Å². The molecule has 0 bridgehead atoms. The molecule has 0 saturated heterocycles. The van der Waals surface area contributed by atoms with Gasteiger partial charge in [0.1, 0.15) is 12.2 Å². The predicted octanol–water partition coefficient (Wildman–Crippen LogP) is 3.17. The fourth-order valence-electron chi connectivity index (χ4n) is 2.18. The van der Waals surface area contributed by atoms with Crippen LogP contribution < -0.4 is 0 Å². The Balaban J connectivity index is 2.16. The predicted molar refractivity (Wildman–Crippen MR) is 79.1 cm³/mol. The summed E-state index contributed by atoms with van der Waals surface area (Å²) in [4.78, 5) is 4.57. The molecule has 1 aromatic carbocycles. The monoisotopic (exact) mass is 309 g/mol. The summed E-state index contributed by atoms with van der Waals surface area (Å²) in [5.74, 6) is 1.64. The standard InChI is InChI=1S/C13H13Cl2N5/c1-8(14)13-17-10-5-9(15)3-4-11(10)20(13)6-12-18-16-7-19(12)2/h3-5,7-8H,6H2,1-2H3. The fraction of sp³-hybridized carbons (Fsp3) is 0.308. The second-order valence-electron chi connectivity index (χ2n) is 4.66. The van der Waals surface area contributed by atoms with Crippen molar-refractivity contribution in [2.24, 2.45) is 7.05 Å². The second-order valence-corrected chi connectivity index (χ2v) is 5.75. The zero-order valence-electron chi connectivity index (χ0n) is 11.1. The van der Waals surface area contributed by atoms with E-state index >= 15 is 0 Å². The fourth-order valence-corrected chi connectivity index (χ4v) is 2.52. The van der Waals surface area contributed by atoms with Crippen molar-refractivity contribution in [3.63, 3.8) is 0 Å². The van der Waals surface area contributed by atoms with Gasteiger partial charge in [0.15, 0.2) is 5.82 Å². The SMILES string of the molecule is CC(Cl)c1nc2cc(Cl)ccc2n1Cc1nncn1C. The van der Waals surface area contributed by atoms with E-state index in [4.69, 9.17) is 23.2 Å². The molecule has 0 aliphatic heterocycles. The third kappa shape index (κ3) is 2.27. The molecular formula is C13H13Cl2N5. The highest BCUT2D eigenvalue weighted by Crippen LogP contribution is 2.27. The zero-order valence-corrected chi connectivity index (χ0v) is 12.6. The molecule has 0 N–H and O–H groups in total. The molecule has 0 aliphatic carbocycles. The summed E-state index contributed by atoms with van der Waals surface area (Å²) >= 11 is 12.3. The van der Waals surface area contributed by atoms with Crippen molar-refractivity contribution < 1.29 is 0 Å². The molecule has 0 radical (unpaired) electrons. The van der Waals surface area contributed by atoms with Gasteiger partial charge in [0.25, 0.3) is 0 Å².